The summed E-state index contributed by atoms with van der Waals surface area (Å²) >= 11 is 0. The van der Waals surface area contributed by atoms with Gasteiger partial charge in [-0.05, 0) is 0 Å². The van der Waals surface area contributed by atoms with Crippen LogP contribution in [-0.4, -0.2) is 176 Å². The van der Waals surface area contributed by atoms with Crippen LogP contribution in [-0.2, 0) is 0 Å². The summed E-state index contributed by atoms with van der Waals surface area (Å²) in [6, 6.07) is 0. The van der Waals surface area contributed by atoms with E-state index in [0.29, 0.717) is 0 Å². The van der Waals surface area contributed by atoms with Crippen LogP contribution in [0, 0.1) is 0 Å². The minimum atomic E-state index is -2.17. The SMILES string of the molecule is O.O.O.O.O.OB(O)O.OB(O)O.OB(O)O.OB(O)O.[NaH].[NaH]. The third kappa shape index (κ3) is 4400. The Labute approximate surface area is 175 Å². The Balaban J connectivity index is -0.00000000842. The van der Waals surface area contributed by atoms with Gasteiger partial charge in [0.05, 0.1) is 0 Å². The molecule has 0 heterocycles. The first-order valence-corrected chi connectivity index (χ1v) is 3.10. The molecule has 23 heteroatoms. The van der Waals surface area contributed by atoms with Gasteiger partial charge in [0, 0.05) is 0 Å². The molecular formula is H24B4Na2O17. The molecule has 0 saturated heterocycles. The Kier molecular flexibility index (Phi) is 210. The van der Waals surface area contributed by atoms with Gasteiger partial charge in [-0.15, -0.1) is 0 Å². The summed E-state index contributed by atoms with van der Waals surface area (Å²) in [7, 11) is -8.67. The molecule has 17 nitrogen and oxygen atoms in total. The number of hydrogen-bond donors (Lipinski definition) is 12. The van der Waals surface area contributed by atoms with Crippen LogP contribution in [0.1, 0.15) is 0 Å². The predicted octanol–water partition coefficient (Wildman–Crippen LogP) is -13.6. The van der Waals surface area contributed by atoms with E-state index in [0.717, 1.165) is 0 Å². The van der Waals surface area contributed by atoms with Gasteiger partial charge in [-0.2, -0.15) is 0 Å². The molecule has 0 unspecified atom stereocenters. The zero-order chi connectivity index (χ0) is 14.3. The van der Waals surface area contributed by atoms with Crippen LogP contribution >= 0.6 is 0 Å². The van der Waals surface area contributed by atoms with Gasteiger partial charge in [0.25, 0.3) is 0 Å². The van der Waals surface area contributed by atoms with Gasteiger partial charge in [0.15, 0.2) is 0 Å². The van der Waals surface area contributed by atoms with E-state index in [4.69, 9.17) is 60.3 Å². The fourth-order valence-electron chi connectivity index (χ4n) is 0. The van der Waals surface area contributed by atoms with Crippen molar-refractivity contribution in [2.45, 2.75) is 0 Å². The molecule has 140 valence electrons. The van der Waals surface area contributed by atoms with E-state index in [2.05, 4.69) is 0 Å². The van der Waals surface area contributed by atoms with Crippen LogP contribution in [0.4, 0.5) is 0 Å². The summed E-state index contributed by atoms with van der Waals surface area (Å²) in [6.07, 6.45) is 0. The van der Waals surface area contributed by atoms with E-state index >= 15 is 0 Å². The normalized spacial score (nSPS) is 4.70. The minimum absolute atomic E-state index is 0. The summed E-state index contributed by atoms with van der Waals surface area (Å²) in [5.41, 5.74) is 0. The number of rotatable bonds is 0. The van der Waals surface area contributed by atoms with E-state index in [1.54, 1.807) is 0 Å². The van der Waals surface area contributed by atoms with Crippen molar-refractivity contribution < 1.29 is 87.7 Å². The zero-order valence-corrected chi connectivity index (χ0v) is 10.2. The molecule has 0 fully saturated rings. The Hall–Kier alpha value is 1.58. The molecule has 0 rings (SSSR count). The van der Waals surface area contributed by atoms with Crippen LogP contribution in [0.15, 0.2) is 0 Å². The first-order chi connectivity index (χ1) is 6.93. The van der Waals surface area contributed by atoms with Gasteiger partial charge in [-0.1, -0.05) is 0 Å². The molecule has 22 N–H and O–H groups in total. The Morgan fingerprint density at radius 2 is 0.261 bits per heavy atom. The standard InChI is InChI=1S/4BH3O3.2Na.5H2O.2H/c4*2-1(3)4;;;;;;;;;/h4*2-4H;;;5*1H2;;. The van der Waals surface area contributed by atoms with Crippen molar-refractivity contribution in [3.63, 3.8) is 0 Å². The van der Waals surface area contributed by atoms with E-state index < -0.39 is 29.3 Å². The van der Waals surface area contributed by atoms with E-state index in [9.17, 15) is 0 Å². The first kappa shape index (κ1) is 74.1. The molecule has 0 radical (unpaired) electrons. The van der Waals surface area contributed by atoms with Crippen LogP contribution in [0.2, 0.25) is 0 Å². The van der Waals surface area contributed by atoms with E-state index in [-0.39, 0.29) is 86.5 Å². The van der Waals surface area contributed by atoms with Gasteiger partial charge in [0.1, 0.15) is 0 Å². The van der Waals surface area contributed by atoms with Crippen molar-refractivity contribution in [1.29, 1.82) is 0 Å². The third-order valence-corrected chi connectivity index (χ3v) is 0. The Morgan fingerprint density at radius 1 is 0.261 bits per heavy atom. The molecular weight excluding hydrogens is 361 g/mol. The van der Waals surface area contributed by atoms with Gasteiger partial charge in [-0.25, -0.2) is 0 Å². The quantitative estimate of drug-likeness (QED) is 0.173. The topological polar surface area (TPSA) is 400 Å². The van der Waals surface area contributed by atoms with Crippen molar-refractivity contribution >= 4 is 88.4 Å². The van der Waals surface area contributed by atoms with Crippen LogP contribution in [0.3, 0.4) is 0 Å². The maximum atomic E-state index is 7.17. The molecule has 0 spiro atoms. The first-order valence-electron chi connectivity index (χ1n) is 3.10. The van der Waals surface area contributed by atoms with Crippen molar-refractivity contribution in [2.75, 3.05) is 0 Å². The summed E-state index contributed by atoms with van der Waals surface area (Å²) in [6.45, 7) is 0. The monoisotopic (exact) mass is 386 g/mol. The molecule has 0 aliphatic carbocycles. The maximum absolute atomic E-state index is 7.17. The fourth-order valence-corrected chi connectivity index (χ4v) is 0. The molecule has 0 aliphatic rings. The Morgan fingerprint density at radius 3 is 0.261 bits per heavy atom. The molecule has 0 aromatic carbocycles. The summed E-state index contributed by atoms with van der Waals surface area (Å²) < 4.78 is 0. The molecule has 0 aromatic rings. The fraction of sp³-hybridized carbons (Fsp3) is 0. The number of hydrogen-bond acceptors (Lipinski definition) is 12. The molecule has 0 amide bonds. The molecule has 0 aromatic heterocycles. The summed E-state index contributed by atoms with van der Waals surface area (Å²) in [4.78, 5) is 0. The van der Waals surface area contributed by atoms with Crippen molar-refractivity contribution in [3.05, 3.63) is 0 Å². The molecule has 0 saturated carbocycles. The summed E-state index contributed by atoms with van der Waals surface area (Å²) in [5.74, 6) is 0. The second kappa shape index (κ2) is 65.2. The van der Waals surface area contributed by atoms with Gasteiger partial charge >= 0.3 is 88.4 Å². The molecule has 0 aliphatic heterocycles. The third-order valence-electron chi connectivity index (χ3n) is 0. The van der Waals surface area contributed by atoms with Crippen molar-refractivity contribution in [3.8, 4) is 0 Å². The van der Waals surface area contributed by atoms with Crippen LogP contribution < -0.4 is 0 Å². The summed E-state index contributed by atoms with van der Waals surface area (Å²) in [5, 5.41) is 86.0. The second-order valence-corrected chi connectivity index (χ2v) is 1.39. The van der Waals surface area contributed by atoms with Crippen molar-refractivity contribution in [2.24, 2.45) is 0 Å². The van der Waals surface area contributed by atoms with E-state index in [1.165, 1.54) is 0 Å². The van der Waals surface area contributed by atoms with Crippen LogP contribution in [0.25, 0.3) is 0 Å². The van der Waals surface area contributed by atoms with Gasteiger partial charge in [-0.3, -0.25) is 0 Å². The zero-order valence-electron chi connectivity index (χ0n) is 10.2. The second-order valence-electron chi connectivity index (χ2n) is 1.39. The Bertz CT molecular complexity index is 67.6. The molecule has 0 bridgehead atoms. The van der Waals surface area contributed by atoms with Gasteiger partial charge in [0.2, 0.25) is 0 Å². The molecule has 0 atom stereocenters. The van der Waals surface area contributed by atoms with Gasteiger partial charge < -0.3 is 87.7 Å². The predicted molar refractivity (Wildman–Crippen MR) is 82.0 cm³/mol. The average Bonchev–Trinajstić information content (AvgIpc) is 1.76. The molecule has 23 heavy (non-hydrogen) atoms. The van der Waals surface area contributed by atoms with E-state index in [1.807, 2.05) is 0 Å². The van der Waals surface area contributed by atoms with Crippen LogP contribution in [0.5, 0.6) is 0 Å². The van der Waals surface area contributed by atoms with Crippen molar-refractivity contribution in [1.82, 2.24) is 0 Å². The average molecular weight is 385 g/mol.